The van der Waals surface area contributed by atoms with Crippen LogP contribution in [-0.4, -0.2) is 44.3 Å². The summed E-state index contributed by atoms with van der Waals surface area (Å²) in [6, 6.07) is 1.96. The predicted octanol–water partition coefficient (Wildman–Crippen LogP) is 1.92. The first-order chi connectivity index (χ1) is 10.3. The van der Waals surface area contributed by atoms with E-state index in [2.05, 4.69) is 27.0 Å². The molecule has 0 aliphatic carbocycles. The van der Waals surface area contributed by atoms with E-state index in [1.807, 2.05) is 10.6 Å². The van der Waals surface area contributed by atoms with Crippen LogP contribution < -0.4 is 0 Å². The quantitative estimate of drug-likeness (QED) is 0.864. The molecule has 3 heterocycles. The fourth-order valence-electron chi connectivity index (χ4n) is 2.53. The lowest BCUT2D eigenvalue weighted by Crippen LogP contribution is -2.38. The zero-order valence-corrected chi connectivity index (χ0v) is 12.7. The molecule has 7 heteroatoms. The summed E-state index contributed by atoms with van der Waals surface area (Å²) < 4.78 is 7.87. The Morgan fingerprint density at radius 2 is 2.38 bits per heavy atom. The zero-order chi connectivity index (χ0) is 14.7. The van der Waals surface area contributed by atoms with Gasteiger partial charge in [0, 0.05) is 38.6 Å². The van der Waals surface area contributed by atoms with Gasteiger partial charge in [0.15, 0.2) is 5.82 Å². The fraction of sp³-hybridized carbons (Fsp3) is 0.500. The maximum absolute atomic E-state index is 6.18. The molecule has 1 aliphatic heterocycles. The van der Waals surface area contributed by atoms with Crippen molar-refractivity contribution in [2.24, 2.45) is 0 Å². The topological polar surface area (TPSA) is 56.1 Å². The van der Waals surface area contributed by atoms with E-state index in [-0.39, 0.29) is 6.10 Å². The van der Waals surface area contributed by atoms with Crippen molar-refractivity contribution in [1.29, 1.82) is 0 Å². The summed E-state index contributed by atoms with van der Waals surface area (Å²) in [5, 5.41) is 8.88. The number of ether oxygens (including phenoxy) is 1. The fourth-order valence-corrected chi connectivity index (χ4v) is 2.71. The largest absolute Gasteiger partial charge is 0.368 e. The van der Waals surface area contributed by atoms with Gasteiger partial charge < -0.3 is 9.30 Å². The minimum Gasteiger partial charge on any atom is -0.368 e. The molecule has 0 aromatic carbocycles. The van der Waals surface area contributed by atoms with Crippen LogP contribution in [0.2, 0.25) is 5.02 Å². The molecule has 1 saturated heterocycles. The highest BCUT2D eigenvalue weighted by Gasteiger charge is 2.26. The van der Waals surface area contributed by atoms with Crippen molar-refractivity contribution in [2.75, 3.05) is 19.7 Å². The van der Waals surface area contributed by atoms with Gasteiger partial charge in [0.05, 0.1) is 11.6 Å². The van der Waals surface area contributed by atoms with Gasteiger partial charge in [-0.15, -0.1) is 10.2 Å². The number of halogens is 1. The number of hydrogen-bond donors (Lipinski definition) is 0. The third kappa shape index (κ3) is 3.23. The molecule has 2 aromatic heterocycles. The first kappa shape index (κ1) is 14.4. The molecule has 6 nitrogen and oxygen atoms in total. The summed E-state index contributed by atoms with van der Waals surface area (Å²) in [6.07, 6.45) is 5.16. The van der Waals surface area contributed by atoms with Gasteiger partial charge >= 0.3 is 0 Å². The molecular formula is C14H18ClN5O. The minimum absolute atomic E-state index is 0.0400. The molecule has 0 saturated carbocycles. The number of morpholine rings is 1. The van der Waals surface area contributed by atoms with Crippen molar-refractivity contribution in [1.82, 2.24) is 24.6 Å². The van der Waals surface area contributed by atoms with E-state index in [1.54, 1.807) is 18.7 Å². The zero-order valence-electron chi connectivity index (χ0n) is 11.9. The number of pyridine rings is 1. The van der Waals surface area contributed by atoms with Crippen LogP contribution in [0, 0.1) is 0 Å². The van der Waals surface area contributed by atoms with E-state index < -0.39 is 0 Å². The number of aromatic nitrogens is 4. The van der Waals surface area contributed by atoms with Crippen LogP contribution in [0.4, 0.5) is 0 Å². The molecule has 3 rings (SSSR count). The maximum atomic E-state index is 6.18. The van der Waals surface area contributed by atoms with Gasteiger partial charge in [0.1, 0.15) is 12.4 Å². The molecule has 1 aliphatic rings. The molecule has 0 unspecified atom stereocenters. The van der Waals surface area contributed by atoms with Gasteiger partial charge in [-0.25, -0.2) is 0 Å². The van der Waals surface area contributed by atoms with Gasteiger partial charge in [-0.1, -0.05) is 11.6 Å². The highest BCUT2D eigenvalue weighted by Crippen LogP contribution is 2.23. The third-order valence-corrected chi connectivity index (χ3v) is 4.02. The van der Waals surface area contributed by atoms with Crippen molar-refractivity contribution in [3.63, 3.8) is 0 Å². The summed E-state index contributed by atoms with van der Waals surface area (Å²) in [6.45, 7) is 6.07. The summed E-state index contributed by atoms with van der Waals surface area (Å²) in [4.78, 5) is 6.34. The van der Waals surface area contributed by atoms with Gasteiger partial charge in [-0.3, -0.25) is 9.88 Å². The Balaban J connectivity index is 1.70. The standard InChI is InChI=1S/C14H18ClN5O/c1-2-20-10-17-18-14(20)13-9-19(5-6-21-13)8-11-3-4-16-7-12(11)15/h3-4,7,10,13H,2,5-6,8-9H2,1H3/t13-/m1/s1. The molecule has 0 amide bonds. The molecule has 21 heavy (non-hydrogen) atoms. The van der Waals surface area contributed by atoms with Crippen LogP contribution in [0.25, 0.3) is 0 Å². The summed E-state index contributed by atoms with van der Waals surface area (Å²) >= 11 is 6.18. The predicted molar refractivity (Wildman–Crippen MR) is 78.9 cm³/mol. The average Bonchev–Trinajstić information content (AvgIpc) is 2.98. The van der Waals surface area contributed by atoms with Crippen LogP contribution in [0.3, 0.4) is 0 Å². The van der Waals surface area contributed by atoms with E-state index in [4.69, 9.17) is 16.3 Å². The molecule has 1 atom stereocenters. The first-order valence-corrected chi connectivity index (χ1v) is 7.45. The number of aryl methyl sites for hydroxylation is 1. The SMILES string of the molecule is CCn1cnnc1[C@H]1CN(Cc2ccncc2Cl)CCO1. The molecule has 0 N–H and O–H groups in total. The Labute approximate surface area is 128 Å². The van der Waals surface area contributed by atoms with Crippen LogP contribution in [0.1, 0.15) is 24.4 Å². The van der Waals surface area contributed by atoms with Crippen molar-refractivity contribution in [3.05, 3.63) is 41.2 Å². The number of nitrogens with zero attached hydrogens (tertiary/aromatic N) is 5. The second-order valence-corrected chi connectivity index (χ2v) is 5.44. The Hall–Kier alpha value is -1.50. The van der Waals surface area contributed by atoms with E-state index >= 15 is 0 Å². The Kier molecular flexibility index (Phi) is 4.48. The van der Waals surface area contributed by atoms with E-state index in [1.165, 1.54) is 0 Å². The lowest BCUT2D eigenvalue weighted by atomic mass is 10.2. The van der Waals surface area contributed by atoms with Gasteiger partial charge in [0.2, 0.25) is 0 Å². The Bertz CT molecular complexity index is 603. The maximum Gasteiger partial charge on any atom is 0.163 e. The lowest BCUT2D eigenvalue weighted by Gasteiger charge is -2.32. The third-order valence-electron chi connectivity index (χ3n) is 3.68. The first-order valence-electron chi connectivity index (χ1n) is 7.08. The number of hydrogen-bond acceptors (Lipinski definition) is 5. The second-order valence-electron chi connectivity index (χ2n) is 5.04. The lowest BCUT2D eigenvalue weighted by molar-refractivity contribution is -0.0388. The Morgan fingerprint density at radius 1 is 1.48 bits per heavy atom. The second kappa shape index (κ2) is 6.51. The van der Waals surface area contributed by atoms with Crippen LogP contribution in [-0.2, 0) is 17.8 Å². The van der Waals surface area contributed by atoms with Crippen LogP contribution in [0.5, 0.6) is 0 Å². The van der Waals surface area contributed by atoms with E-state index in [0.29, 0.717) is 11.6 Å². The highest BCUT2D eigenvalue weighted by molar-refractivity contribution is 6.31. The van der Waals surface area contributed by atoms with Crippen molar-refractivity contribution < 1.29 is 4.74 Å². The molecule has 112 valence electrons. The molecular weight excluding hydrogens is 290 g/mol. The van der Waals surface area contributed by atoms with Crippen molar-refractivity contribution >= 4 is 11.6 Å². The normalized spacial score (nSPS) is 19.8. The monoisotopic (exact) mass is 307 g/mol. The van der Waals surface area contributed by atoms with Crippen LogP contribution >= 0.6 is 11.6 Å². The van der Waals surface area contributed by atoms with Crippen molar-refractivity contribution in [3.8, 4) is 0 Å². The summed E-state index contributed by atoms with van der Waals surface area (Å²) in [5.74, 6) is 0.892. The van der Waals surface area contributed by atoms with Crippen molar-refractivity contribution in [2.45, 2.75) is 26.1 Å². The minimum atomic E-state index is -0.0400. The molecule has 0 bridgehead atoms. The van der Waals surface area contributed by atoms with Gasteiger partial charge in [-0.05, 0) is 18.6 Å². The molecule has 2 aromatic rings. The summed E-state index contributed by atoms with van der Waals surface area (Å²) in [5.41, 5.74) is 1.09. The van der Waals surface area contributed by atoms with E-state index in [0.717, 1.165) is 37.6 Å². The molecule has 0 radical (unpaired) electrons. The van der Waals surface area contributed by atoms with Gasteiger partial charge in [-0.2, -0.15) is 0 Å². The molecule has 0 spiro atoms. The smallest absolute Gasteiger partial charge is 0.163 e. The van der Waals surface area contributed by atoms with Crippen LogP contribution in [0.15, 0.2) is 24.8 Å². The van der Waals surface area contributed by atoms with Gasteiger partial charge in [0.25, 0.3) is 0 Å². The Morgan fingerprint density at radius 3 is 3.19 bits per heavy atom. The average molecular weight is 308 g/mol. The summed E-state index contributed by atoms with van der Waals surface area (Å²) in [7, 11) is 0. The highest BCUT2D eigenvalue weighted by atomic mass is 35.5. The van der Waals surface area contributed by atoms with E-state index in [9.17, 15) is 0 Å². The number of rotatable bonds is 4. The molecule has 1 fully saturated rings.